The SMILES string of the molecule is CC(O)CCSc1nnnn1CCNC(C)(C)C. The maximum Gasteiger partial charge on any atom is 0.209 e. The molecule has 1 unspecified atom stereocenters. The first kappa shape index (κ1) is 15.4. The van der Waals surface area contributed by atoms with Gasteiger partial charge in [-0.05, 0) is 44.5 Å². The van der Waals surface area contributed by atoms with Crippen LogP contribution in [0.2, 0.25) is 0 Å². The highest BCUT2D eigenvalue weighted by atomic mass is 32.2. The molecule has 0 aliphatic rings. The molecule has 18 heavy (non-hydrogen) atoms. The Labute approximate surface area is 113 Å². The van der Waals surface area contributed by atoms with E-state index >= 15 is 0 Å². The van der Waals surface area contributed by atoms with Crippen molar-refractivity contribution in [2.24, 2.45) is 0 Å². The van der Waals surface area contributed by atoms with Crippen molar-refractivity contribution in [1.29, 1.82) is 0 Å². The summed E-state index contributed by atoms with van der Waals surface area (Å²) in [6.45, 7) is 9.76. The number of tetrazole rings is 1. The molecule has 0 spiro atoms. The number of hydrogen-bond donors (Lipinski definition) is 2. The maximum absolute atomic E-state index is 9.20. The smallest absolute Gasteiger partial charge is 0.209 e. The molecule has 0 bridgehead atoms. The fourth-order valence-electron chi connectivity index (χ4n) is 1.30. The van der Waals surface area contributed by atoms with Crippen LogP contribution in [0.4, 0.5) is 0 Å². The summed E-state index contributed by atoms with van der Waals surface area (Å²) in [5.41, 5.74) is 0.105. The summed E-state index contributed by atoms with van der Waals surface area (Å²) in [5, 5.41) is 25.0. The molecule has 104 valence electrons. The van der Waals surface area contributed by atoms with Gasteiger partial charge in [0, 0.05) is 17.8 Å². The van der Waals surface area contributed by atoms with Gasteiger partial charge in [0.25, 0.3) is 0 Å². The minimum absolute atomic E-state index is 0.105. The molecule has 0 amide bonds. The van der Waals surface area contributed by atoms with Crippen LogP contribution in [-0.2, 0) is 6.54 Å². The summed E-state index contributed by atoms with van der Waals surface area (Å²) in [5.74, 6) is 0.824. The van der Waals surface area contributed by atoms with Crippen molar-refractivity contribution in [3.05, 3.63) is 0 Å². The minimum Gasteiger partial charge on any atom is -0.393 e. The van der Waals surface area contributed by atoms with E-state index in [1.807, 2.05) is 0 Å². The summed E-state index contributed by atoms with van der Waals surface area (Å²) in [7, 11) is 0. The Hall–Kier alpha value is -0.660. The predicted octanol–water partition coefficient (Wildman–Crippen LogP) is 0.924. The van der Waals surface area contributed by atoms with E-state index in [9.17, 15) is 5.11 Å². The Morgan fingerprint density at radius 3 is 2.78 bits per heavy atom. The molecule has 1 heterocycles. The number of hydrogen-bond acceptors (Lipinski definition) is 6. The molecule has 1 aromatic heterocycles. The zero-order chi connectivity index (χ0) is 13.6. The van der Waals surface area contributed by atoms with Gasteiger partial charge in [-0.1, -0.05) is 11.8 Å². The molecule has 2 N–H and O–H groups in total. The molecule has 1 rings (SSSR count). The van der Waals surface area contributed by atoms with Crippen molar-refractivity contribution < 1.29 is 5.11 Å². The first-order valence-electron chi connectivity index (χ1n) is 6.20. The lowest BCUT2D eigenvalue weighted by Gasteiger charge is -2.20. The van der Waals surface area contributed by atoms with Crippen molar-refractivity contribution in [3.8, 4) is 0 Å². The van der Waals surface area contributed by atoms with E-state index in [2.05, 4.69) is 41.6 Å². The molecule has 0 saturated carbocycles. The van der Waals surface area contributed by atoms with Gasteiger partial charge in [0.05, 0.1) is 12.6 Å². The third kappa shape index (κ3) is 6.32. The minimum atomic E-state index is -0.274. The second-order valence-electron chi connectivity index (χ2n) is 5.35. The van der Waals surface area contributed by atoms with Crippen molar-refractivity contribution in [3.63, 3.8) is 0 Å². The van der Waals surface area contributed by atoms with E-state index < -0.39 is 0 Å². The highest BCUT2D eigenvalue weighted by Gasteiger charge is 2.10. The third-order valence-corrected chi connectivity index (χ3v) is 3.24. The molecule has 0 aromatic carbocycles. The topological polar surface area (TPSA) is 75.9 Å². The molecular formula is C11H23N5OS. The predicted molar refractivity (Wildman–Crippen MR) is 72.6 cm³/mol. The lowest BCUT2D eigenvalue weighted by atomic mass is 10.1. The van der Waals surface area contributed by atoms with Crippen LogP contribution in [0.3, 0.4) is 0 Å². The molecule has 0 aliphatic carbocycles. The number of aliphatic hydroxyl groups is 1. The molecule has 1 atom stereocenters. The molecule has 0 aliphatic heterocycles. The number of aliphatic hydroxyl groups excluding tert-OH is 1. The normalized spacial score (nSPS) is 13.8. The van der Waals surface area contributed by atoms with Crippen LogP contribution >= 0.6 is 11.8 Å². The second-order valence-corrected chi connectivity index (χ2v) is 6.41. The molecule has 7 heteroatoms. The first-order valence-corrected chi connectivity index (χ1v) is 7.19. The average Bonchev–Trinajstić information content (AvgIpc) is 2.63. The van der Waals surface area contributed by atoms with E-state index in [4.69, 9.17) is 0 Å². The van der Waals surface area contributed by atoms with Gasteiger partial charge in [0.15, 0.2) is 0 Å². The van der Waals surface area contributed by atoms with Gasteiger partial charge in [0.2, 0.25) is 5.16 Å². The fourth-order valence-corrected chi connectivity index (χ4v) is 2.31. The number of aromatic nitrogens is 4. The van der Waals surface area contributed by atoms with Gasteiger partial charge in [-0.15, -0.1) is 5.10 Å². The van der Waals surface area contributed by atoms with Gasteiger partial charge in [-0.25, -0.2) is 4.68 Å². The standard InChI is InChI=1S/C11H23N5OS/c1-9(17)5-8-18-10-13-14-15-16(10)7-6-12-11(2,3)4/h9,12,17H,5-8H2,1-4H3. The highest BCUT2D eigenvalue weighted by Crippen LogP contribution is 2.15. The van der Waals surface area contributed by atoms with E-state index in [-0.39, 0.29) is 11.6 Å². The zero-order valence-electron chi connectivity index (χ0n) is 11.6. The largest absolute Gasteiger partial charge is 0.393 e. The highest BCUT2D eigenvalue weighted by molar-refractivity contribution is 7.99. The van der Waals surface area contributed by atoms with Crippen LogP contribution in [0.1, 0.15) is 34.1 Å². The van der Waals surface area contributed by atoms with Gasteiger partial charge in [-0.3, -0.25) is 0 Å². The number of thioether (sulfide) groups is 1. The lowest BCUT2D eigenvalue weighted by molar-refractivity contribution is 0.192. The molecule has 6 nitrogen and oxygen atoms in total. The van der Waals surface area contributed by atoms with Crippen LogP contribution in [0.5, 0.6) is 0 Å². The Bertz CT molecular complexity index is 347. The Kier molecular flexibility index (Phi) is 6.04. The Morgan fingerprint density at radius 1 is 1.44 bits per heavy atom. The van der Waals surface area contributed by atoms with Crippen LogP contribution in [0.25, 0.3) is 0 Å². The maximum atomic E-state index is 9.20. The van der Waals surface area contributed by atoms with E-state index in [0.717, 1.165) is 30.4 Å². The molecular weight excluding hydrogens is 250 g/mol. The Morgan fingerprint density at radius 2 is 2.17 bits per heavy atom. The molecule has 0 fully saturated rings. The van der Waals surface area contributed by atoms with Gasteiger partial charge >= 0.3 is 0 Å². The number of nitrogens with one attached hydrogen (secondary N) is 1. The fraction of sp³-hybridized carbons (Fsp3) is 0.909. The zero-order valence-corrected chi connectivity index (χ0v) is 12.4. The third-order valence-electron chi connectivity index (χ3n) is 2.24. The number of rotatable bonds is 7. The van der Waals surface area contributed by atoms with Crippen LogP contribution < -0.4 is 5.32 Å². The lowest BCUT2D eigenvalue weighted by Crippen LogP contribution is -2.38. The van der Waals surface area contributed by atoms with E-state index in [1.165, 1.54) is 0 Å². The molecule has 0 radical (unpaired) electrons. The average molecular weight is 273 g/mol. The quantitative estimate of drug-likeness (QED) is 0.720. The van der Waals surface area contributed by atoms with Crippen LogP contribution in [-0.4, -0.2) is 49.3 Å². The van der Waals surface area contributed by atoms with Crippen molar-refractivity contribution in [2.75, 3.05) is 12.3 Å². The number of nitrogens with zero attached hydrogens (tertiary/aromatic N) is 4. The van der Waals surface area contributed by atoms with E-state index in [0.29, 0.717) is 0 Å². The summed E-state index contributed by atoms with van der Waals surface area (Å²) < 4.78 is 1.80. The summed E-state index contributed by atoms with van der Waals surface area (Å²) >= 11 is 1.58. The Balaban J connectivity index is 2.35. The van der Waals surface area contributed by atoms with Gasteiger partial charge < -0.3 is 10.4 Å². The summed E-state index contributed by atoms with van der Waals surface area (Å²) in [6.07, 6.45) is 0.474. The van der Waals surface area contributed by atoms with Crippen molar-refractivity contribution in [1.82, 2.24) is 25.5 Å². The summed E-state index contributed by atoms with van der Waals surface area (Å²) in [6, 6.07) is 0. The van der Waals surface area contributed by atoms with Crippen LogP contribution in [0, 0.1) is 0 Å². The van der Waals surface area contributed by atoms with Gasteiger partial charge in [0.1, 0.15) is 0 Å². The molecule has 0 saturated heterocycles. The second kappa shape index (κ2) is 7.06. The van der Waals surface area contributed by atoms with Crippen LogP contribution in [0.15, 0.2) is 5.16 Å². The molecule has 1 aromatic rings. The van der Waals surface area contributed by atoms with Crippen molar-refractivity contribution in [2.45, 2.75) is 57.5 Å². The van der Waals surface area contributed by atoms with E-state index in [1.54, 1.807) is 23.4 Å². The monoisotopic (exact) mass is 273 g/mol. The van der Waals surface area contributed by atoms with Crippen molar-refractivity contribution >= 4 is 11.8 Å². The first-order chi connectivity index (χ1) is 8.38. The van der Waals surface area contributed by atoms with Gasteiger partial charge in [-0.2, -0.15) is 0 Å². The summed E-state index contributed by atoms with van der Waals surface area (Å²) in [4.78, 5) is 0.